The Balaban J connectivity index is 2.58. The molecular weight excluding hydrogens is 235 g/mol. The molecule has 0 aliphatic carbocycles. The number of rotatable bonds is 1. The molecule has 2 N–H and O–H groups in total. The standard InChI is InChI=1S/C9H10F3N5/c1-16-6(3-7(15-16)9(10,11)12)8-5(13)4-14-17(8)2/h3-4H,13H2,1-2H3. The van der Waals surface area contributed by atoms with E-state index in [0.29, 0.717) is 11.4 Å². The molecule has 0 atom stereocenters. The average Bonchev–Trinajstić information content (AvgIpc) is 2.70. The lowest BCUT2D eigenvalue weighted by molar-refractivity contribution is -0.141. The summed E-state index contributed by atoms with van der Waals surface area (Å²) < 4.78 is 40.0. The van der Waals surface area contributed by atoms with Crippen molar-refractivity contribution < 1.29 is 13.2 Å². The fraction of sp³-hybridized carbons (Fsp3) is 0.333. The average molecular weight is 245 g/mol. The van der Waals surface area contributed by atoms with Gasteiger partial charge in [-0.05, 0) is 6.07 Å². The van der Waals surface area contributed by atoms with Crippen LogP contribution in [0.1, 0.15) is 5.69 Å². The molecule has 0 saturated carbocycles. The first-order valence-corrected chi connectivity index (χ1v) is 4.70. The molecule has 0 aromatic carbocycles. The van der Waals surface area contributed by atoms with Gasteiger partial charge in [-0.1, -0.05) is 0 Å². The van der Waals surface area contributed by atoms with Gasteiger partial charge in [-0.15, -0.1) is 0 Å². The highest BCUT2D eigenvalue weighted by molar-refractivity contribution is 5.70. The van der Waals surface area contributed by atoms with Gasteiger partial charge in [0, 0.05) is 14.1 Å². The topological polar surface area (TPSA) is 61.7 Å². The van der Waals surface area contributed by atoms with Gasteiger partial charge >= 0.3 is 6.18 Å². The van der Waals surface area contributed by atoms with Gasteiger partial charge in [-0.25, -0.2) is 0 Å². The predicted molar refractivity (Wildman–Crippen MR) is 54.8 cm³/mol. The second-order valence-corrected chi connectivity index (χ2v) is 3.61. The Bertz CT molecular complexity index is 532. The third-order valence-corrected chi connectivity index (χ3v) is 2.38. The minimum Gasteiger partial charge on any atom is -0.396 e. The van der Waals surface area contributed by atoms with Crippen LogP contribution in [0.3, 0.4) is 0 Å². The Morgan fingerprint density at radius 1 is 1.24 bits per heavy atom. The third kappa shape index (κ3) is 1.85. The SMILES string of the molecule is Cn1nc(C(F)(F)F)cc1-c1c(N)cnn1C. The lowest BCUT2D eigenvalue weighted by Crippen LogP contribution is -2.06. The number of nitrogen functional groups attached to an aromatic ring is 1. The summed E-state index contributed by atoms with van der Waals surface area (Å²) in [5, 5.41) is 7.29. The van der Waals surface area contributed by atoms with Crippen LogP contribution in [0.2, 0.25) is 0 Å². The highest BCUT2D eigenvalue weighted by Crippen LogP contribution is 2.32. The van der Waals surface area contributed by atoms with E-state index in [2.05, 4.69) is 10.2 Å². The van der Waals surface area contributed by atoms with Crippen LogP contribution in [-0.2, 0) is 20.3 Å². The van der Waals surface area contributed by atoms with E-state index < -0.39 is 11.9 Å². The molecule has 0 aliphatic heterocycles. The summed E-state index contributed by atoms with van der Waals surface area (Å²) >= 11 is 0. The molecule has 0 amide bonds. The number of aryl methyl sites for hydroxylation is 2. The molecule has 2 aromatic heterocycles. The largest absolute Gasteiger partial charge is 0.435 e. The minimum absolute atomic E-state index is 0.273. The third-order valence-electron chi connectivity index (χ3n) is 2.38. The molecule has 0 saturated heterocycles. The Morgan fingerprint density at radius 3 is 2.29 bits per heavy atom. The fourth-order valence-corrected chi connectivity index (χ4v) is 1.60. The number of hydrogen-bond donors (Lipinski definition) is 1. The molecule has 5 nitrogen and oxygen atoms in total. The molecule has 0 radical (unpaired) electrons. The molecule has 2 rings (SSSR count). The van der Waals surface area contributed by atoms with Crippen LogP contribution >= 0.6 is 0 Å². The first-order chi connectivity index (χ1) is 7.80. The quantitative estimate of drug-likeness (QED) is 0.826. The monoisotopic (exact) mass is 245 g/mol. The number of hydrogen-bond acceptors (Lipinski definition) is 3. The smallest absolute Gasteiger partial charge is 0.396 e. The van der Waals surface area contributed by atoms with Crippen molar-refractivity contribution in [1.82, 2.24) is 19.6 Å². The lowest BCUT2D eigenvalue weighted by Gasteiger charge is -2.02. The lowest BCUT2D eigenvalue weighted by atomic mass is 10.2. The summed E-state index contributed by atoms with van der Waals surface area (Å²) in [4.78, 5) is 0. The van der Waals surface area contributed by atoms with E-state index in [9.17, 15) is 13.2 Å². The summed E-state index contributed by atoms with van der Waals surface area (Å²) in [5.74, 6) is 0. The van der Waals surface area contributed by atoms with Gasteiger partial charge in [-0.2, -0.15) is 23.4 Å². The Morgan fingerprint density at radius 2 is 1.88 bits per heavy atom. The first-order valence-electron chi connectivity index (χ1n) is 4.70. The maximum atomic E-state index is 12.5. The Hall–Kier alpha value is -1.99. The number of nitrogens with zero attached hydrogens (tertiary/aromatic N) is 4. The van der Waals surface area contributed by atoms with E-state index in [1.54, 1.807) is 7.05 Å². The van der Waals surface area contributed by atoms with Crippen LogP contribution in [0.5, 0.6) is 0 Å². The van der Waals surface area contributed by atoms with Crippen LogP contribution in [-0.4, -0.2) is 19.6 Å². The van der Waals surface area contributed by atoms with Crippen molar-refractivity contribution in [2.75, 3.05) is 5.73 Å². The highest BCUT2D eigenvalue weighted by Gasteiger charge is 2.35. The normalized spacial score (nSPS) is 12.1. The van der Waals surface area contributed by atoms with Gasteiger partial charge < -0.3 is 5.73 Å². The summed E-state index contributed by atoms with van der Waals surface area (Å²) in [6.45, 7) is 0. The van der Waals surface area contributed by atoms with E-state index >= 15 is 0 Å². The zero-order chi connectivity index (χ0) is 12.8. The second-order valence-electron chi connectivity index (χ2n) is 3.61. The van der Waals surface area contributed by atoms with Crippen molar-refractivity contribution in [3.63, 3.8) is 0 Å². The van der Waals surface area contributed by atoms with Gasteiger partial charge in [0.2, 0.25) is 0 Å². The van der Waals surface area contributed by atoms with Gasteiger partial charge in [0.1, 0.15) is 5.69 Å². The highest BCUT2D eigenvalue weighted by atomic mass is 19.4. The predicted octanol–water partition coefficient (Wildman–Crippen LogP) is 1.42. The van der Waals surface area contributed by atoms with Gasteiger partial charge in [0.05, 0.1) is 17.6 Å². The van der Waals surface area contributed by atoms with E-state index in [-0.39, 0.29) is 5.69 Å². The molecule has 0 bridgehead atoms. The van der Waals surface area contributed by atoms with Crippen molar-refractivity contribution in [3.8, 4) is 11.4 Å². The number of aromatic nitrogens is 4. The molecule has 92 valence electrons. The maximum absolute atomic E-state index is 12.5. The van der Waals surface area contributed by atoms with E-state index in [0.717, 1.165) is 10.7 Å². The van der Waals surface area contributed by atoms with Gasteiger partial charge in [0.15, 0.2) is 5.69 Å². The van der Waals surface area contributed by atoms with E-state index in [1.165, 1.54) is 17.9 Å². The fourth-order valence-electron chi connectivity index (χ4n) is 1.60. The molecule has 0 aliphatic rings. The summed E-state index contributed by atoms with van der Waals surface area (Å²) in [6, 6.07) is 0.952. The zero-order valence-electron chi connectivity index (χ0n) is 9.15. The van der Waals surface area contributed by atoms with Crippen molar-refractivity contribution in [1.29, 1.82) is 0 Å². The van der Waals surface area contributed by atoms with Crippen LogP contribution in [0, 0.1) is 0 Å². The maximum Gasteiger partial charge on any atom is 0.435 e. The molecule has 8 heteroatoms. The molecular formula is C9H10F3N5. The Labute approximate surface area is 94.6 Å². The summed E-state index contributed by atoms with van der Waals surface area (Å²) in [7, 11) is 3.03. The van der Waals surface area contributed by atoms with Crippen molar-refractivity contribution in [2.24, 2.45) is 14.1 Å². The van der Waals surface area contributed by atoms with Crippen LogP contribution in [0.25, 0.3) is 11.4 Å². The van der Waals surface area contributed by atoms with E-state index in [4.69, 9.17) is 5.73 Å². The molecule has 0 spiro atoms. The molecule has 0 fully saturated rings. The van der Waals surface area contributed by atoms with E-state index in [1.807, 2.05) is 0 Å². The molecule has 0 unspecified atom stereocenters. The van der Waals surface area contributed by atoms with Crippen LogP contribution in [0.15, 0.2) is 12.3 Å². The number of halogens is 3. The van der Waals surface area contributed by atoms with Crippen molar-refractivity contribution >= 4 is 5.69 Å². The zero-order valence-corrected chi connectivity index (χ0v) is 9.15. The number of nitrogens with two attached hydrogens (primary N) is 1. The number of anilines is 1. The van der Waals surface area contributed by atoms with Crippen LogP contribution in [0.4, 0.5) is 18.9 Å². The minimum atomic E-state index is -4.47. The summed E-state index contributed by atoms with van der Waals surface area (Å²) in [5.41, 5.74) is 5.70. The Kier molecular flexibility index (Phi) is 2.37. The van der Waals surface area contributed by atoms with Crippen molar-refractivity contribution in [3.05, 3.63) is 18.0 Å². The molecule has 2 heterocycles. The van der Waals surface area contributed by atoms with Crippen LogP contribution < -0.4 is 5.73 Å². The number of alkyl halides is 3. The summed E-state index contributed by atoms with van der Waals surface area (Å²) in [6.07, 6.45) is -3.08. The first kappa shape index (κ1) is 11.5. The van der Waals surface area contributed by atoms with Gasteiger partial charge in [0.25, 0.3) is 0 Å². The molecule has 2 aromatic rings. The molecule has 17 heavy (non-hydrogen) atoms. The second kappa shape index (κ2) is 3.51. The van der Waals surface area contributed by atoms with Gasteiger partial charge in [-0.3, -0.25) is 9.36 Å². The van der Waals surface area contributed by atoms with Crippen molar-refractivity contribution in [2.45, 2.75) is 6.18 Å².